The number of carbonyl (C=O) groups is 1. The van der Waals surface area contributed by atoms with Gasteiger partial charge in [0, 0.05) is 24.5 Å². The lowest BCUT2D eigenvalue weighted by Crippen LogP contribution is -2.68. The molecule has 3 saturated heterocycles. The number of carbonyl (C=O) groups excluding carboxylic acids is 1. The van der Waals surface area contributed by atoms with Gasteiger partial charge in [0.25, 0.3) is 5.91 Å². The van der Waals surface area contributed by atoms with Crippen molar-refractivity contribution in [2.45, 2.75) is 44.9 Å². The molecule has 1 amide bonds. The maximum atomic E-state index is 15.4. The number of amides is 1. The molecular weight excluding hydrogens is 548 g/mol. The van der Waals surface area contributed by atoms with Crippen molar-refractivity contribution in [3.63, 3.8) is 0 Å². The number of sulfone groups is 1. The Morgan fingerprint density at radius 2 is 1.77 bits per heavy atom. The summed E-state index contributed by atoms with van der Waals surface area (Å²) < 4.78 is 79.2. The molecule has 0 aromatic heterocycles. The summed E-state index contributed by atoms with van der Waals surface area (Å²) in [5, 5.41) is 6.14. The van der Waals surface area contributed by atoms with E-state index < -0.39 is 39.3 Å². The maximum absolute atomic E-state index is 15.4. The Kier molecular flexibility index (Phi) is 7.31. The average molecular weight is 583 g/mol. The van der Waals surface area contributed by atoms with Gasteiger partial charge in [-0.15, -0.1) is 0 Å². The van der Waals surface area contributed by atoms with E-state index in [9.17, 15) is 26.4 Å². The fourth-order valence-electron chi connectivity index (χ4n) is 6.27. The van der Waals surface area contributed by atoms with Gasteiger partial charge in [-0.3, -0.25) is 4.79 Å². The lowest BCUT2D eigenvalue weighted by molar-refractivity contribution is -0.138. The van der Waals surface area contributed by atoms with Crippen LogP contribution in [0.1, 0.15) is 52.9 Å². The van der Waals surface area contributed by atoms with E-state index in [0.29, 0.717) is 24.3 Å². The van der Waals surface area contributed by atoms with Crippen molar-refractivity contribution >= 4 is 27.1 Å². The van der Waals surface area contributed by atoms with Gasteiger partial charge in [0.05, 0.1) is 40.0 Å². The summed E-state index contributed by atoms with van der Waals surface area (Å²) in [4.78, 5) is 17.5. The van der Waals surface area contributed by atoms with Crippen LogP contribution in [0.25, 0.3) is 0 Å². The van der Waals surface area contributed by atoms with Gasteiger partial charge in [-0.2, -0.15) is 13.2 Å². The van der Waals surface area contributed by atoms with Crippen LogP contribution in [0.2, 0.25) is 0 Å². The van der Waals surface area contributed by atoms with E-state index in [1.165, 1.54) is 25.1 Å². The standard InChI is InChI=1S/C28H34F4N4O3S/c1-17-20(5-4-6-22(17)28(30,31)32)18(2)33-26(37)21-11-25(36-13-27(14-36)15-40(38,39)16-27)23(29)12-24(21)34-19-7-9-35(3)10-8-19/h4-6,11-12,18-19,34H,7-10,13-16H2,1-3H3,(H,33,37)/t18-/m1/s1. The largest absolute Gasteiger partial charge is 0.416 e. The first kappa shape index (κ1) is 28.7. The van der Waals surface area contributed by atoms with Gasteiger partial charge in [-0.1, -0.05) is 12.1 Å². The summed E-state index contributed by atoms with van der Waals surface area (Å²) in [7, 11) is -1.02. The van der Waals surface area contributed by atoms with Crippen molar-refractivity contribution in [3.8, 4) is 0 Å². The van der Waals surface area contributed by atoms with Crippen LogP contribution >= 0.6 is 0 Å². The number of nitrogens with one attached hydrogen (secondary N) is 2. The van der Waals surface area contributed by atoms with Crippen molar-refractivity contribution < 1.29 is 30.8 Å². The summed E-state index contributed by atoms with van der Waals surface area (Å²) in [5.41, 5.74) is -0.0354. The zero-order valence-electron chi connectivity index (χ0n) is 22.7. The number of alkyl halides is 3. The molecular formula is C28H34F4N4O3S. The molecule has 0 aliphatic carbocycles. The predicted molar refractivity (Wildman–Crippen MR) is 146 cm³/mol. The second kappa shape index (κ2) is 10.2. The van der Waals surface area contributed by atoms with Crippen LogP contribution < -0.4 is 15.5 Å². The van der Waals surface area contributed by atoms with Gasteiger partial charge >= 0.3 is 6.18 Å². The van der Waals surface area contributed by atoms with E-state index >= 15 is 4.39 Å². The molecule has 3 heterocycles. The van der Waals surface area contributed by atoms with Gasteiger partial charge in [-0.05, 0) is 76.2 Å². The molecule has 7 nitrogen and oxygen atoms in total. The normalized spacial score (nSPS) is 21.4. The molecule has 1 spiro atoms. The third-order valence-electron chi connectivity index (χ3n) is 8.35. The monoisotopic (exact) mass is 582 g/mol. The van der Waals surface area contributed by atoms with Crippen molar-refractivity contribution in [1.82, 2.24) is 10.2 Å². The second-order valence-corrected chi connectivity index (χ2v) is 13.7. The average Bonchev–Trinajstić information content (AvgIpc) is 2.82. The molecule has 5 rings (SSSR count). The van der Waals surface area contributed by atoms with Crippen LogP contribution in [-0.4, -0.2) is 70.0 Å². The fraction of sp³-hybridized carbons (Fsp3) is 0.536. The Morgan fingerprint density at radius 3 is 2.38 bits per heavy atom. The highest BCUT2D eigenvalue weighted by Gasteiger charge is 2.56. The maximum Gasteiger partial charge on any atom is 0.416 e. The van der Waals surface area contributed by atoms with Crippen LogP contribution in [0.15, 0.2) is 30.3 Å². The van der Waals surface area contributed by atoms with Crippen LogP contribution in [0.4, 0.5) is 28.9 Å². The number of hydrogen-bond donors (Lipinski definition) is 2. The minimum absolute atomic E-state index is 0.0311. The molecule has 2 aromatic rings. The Hall–Kier alpha value is -2.86. The van der Waals surface area contributed by atoms with Crippen molar-refractivity contribution in [2.75, 3.05) is 54.9 Å². The lowest BCUT2D eigenvalue weighted by atomic mass is 9.82. The predicted octanol–water partition coefficient (Wildman–Crippen LogP) is 4.38. The van der Waals surface area contributed by atoms with Gasteiger partial charge in [0.1, 0.15) is 5.82 Å². The summed E-state index contributed by atoms with van der Waals surface area (Å²) in [5.74, 6) is -0.905. The van der Waals surface area contributed by atoms with E-state index in [1.807, 2.05) is 7.05 Å². The molecule has 2 N–H and O–H groups in total. The molecule has 12 heteroatoms. The highest BCUT2D eigenvalue weighted by Crippen LogP contribution is 2.45. The minimum atomic E-state index is -4.52. The molecule has 0 unspecified atom stereocenters. The zero-order valence-corrected chi connectivity index (χ0v) is 23.6. The molecule has 3 aliphatic heterocycles. The van der Waals surface area contributed by atoms with Crippen LogP contribution in [0.3, 0.4) is 0 Å². The first-order valence-electron chi connectivity index (χ1n) is 13.4. The van der Waals surface area contributed by atoms with Crippen molar-refractivity contribution in [2.24, 2.45) is 5.41 Å². The smallest absolute Gasteiger partial charge is 0.381 e. The Morgan fingerprint density at radius 1 is 1.12 bits per heavy atom. The van der Waals surface area contributed by atoms with E-state index in [1.54, 1.807) is 17.9 Å². The van der Waals surface area contributed by atoms with E-state index in [-0.39, 0.29) is 39.8 Å². The summed E-state index contributed by atoms with van der Waals surface area (Å²) >= 11 is 0. The van der Waals surface area contributed by atoms with Crippen molar-refractivity contribution in [1.29, 1.82) is 0 Å². The molecule has 0 radical (unpaired) electrons. The summed E-state index contributed by atoms with van der Waals surface area (Å²) in [6, 6.07) is 5.93. The SMILES string of the molecule is Cc1c([C@@H](C)NC(=O)c2cc(N3CC4(C3)CS(=O)(=O)C4)c(F)cc2NC2CCN(C)CC2)cccc1C(F)(F)F. The third kappa shape index (κ3) is 5.65. The third-order valence-corrected chi connectivity index (χ3v) is 10.5. The van der Waals surface area contributed by atoms with Gasteiger partial charge < -0.3 is 20.4 Å². The van der Waals surface area contributed by atoms with E-state index in [2.05, 4.69) is 15.5 Å². The number of rotatable bonds is 6. The molecule has 2 aromatic carbocycles. The number of likely N-dealkylation sites (tertiary alicyclic amines) is 1. The number of piperidine rings is 1. The Bertz CT molecular complexity index is 1400. The fourth-order valence-corrected chi connectivity index (χ4v) is 8.42. The first-order valence-corrected chi connectivity index (χ1v) is 15.2. The van der Waals surface area contributed by atoms with Gasteiger partial charge in [0.2, 0.25) is 0 Å². The molecule has 3 aliphatic rings. The van der Waals surface area contributed by atoms with Crippen LogP contribution in [0.5, 0.6) is 0 Å². The number of anilines is 2. The van der Waals surface area contributed by atoms with E-state index in [0.717, 1.165) is 32.0 Å². The highest BCUT2D eigenvalue weighted by atomic mass is 32.2. The molecule has 1 atom stereocenters. The second-order valence-electron chi connectivity index (χ2n) is 11.7. The molecule has 218 valence electrons. The van der Waals surface area contributed by atoms with Gasteiger partial charge in [0.15, 0.2) is 9.84 Å². The minimum Gasteiger partial charge on any atom is -0.381 e. The molecule has 3 fully saturated rings. The number of benzene rings is 2. The Balaban J connectivity index is 1.41. The molecule has 0 bridgehead atoms. The Labute approximate surface area is 231 Å². The molecule has 0 saturated carbocycles. The van der Waals surface area contributed by atoms with Crippen molar-refractivity contribution in [3.05, 3.63) is 58.4 Å². The zero-order chi connectivity index (χ0) is 29.0. The van der Waals surface area contributed by atoms with Crippen LogP contribution in [-0.2, 0) is 16.0 Å². The summed E-state index contributed by atoms with van der Waals surface area (Å²) in [6.45, 7) is 5.46. The quantitative estimate of drug-likeness (QED) is 0.492. The summed E-state index contributed by atoms with van der Waals surface area (Å²) in [6.07, 6.45) is -2.90. The molecule has 40 heavy (non-hydrogen) atoms. The highest BCUT2D eigenvalue weighted by molar-refractivity contribution is 7.92. The van der Waals surface area contributed by atoms with Gasteiger partial charge in [-0.25, -0.2) is 12.8 Å². The van der Waals surface area contributed by atoms with E-state index in [4.69, 9.17) is 0 Å². The lowest BCUT2D eigenvalue weighted by Gasteiger charge is -2.55. The number of nitrogens with zero attached hydrogens (tertiary/aromatic N) is 2. The first-order chi connectivity index (χ1) is 18.7. The van der Waals surface area contributed by atoms with Crippen LogP contribution in [0, 0.1) is 18.2 Å². The number of hydrogen-bond acceptors (Lipinski definition) is 6. The topological polar surface area (TPSA) is 81.8 Å². The number of halogens is 4.